The number of carboxylic acids is 1. The summed E-state index contributed by atoms with van der Waals surface area (Å²) < 4.78 is 20.8. The summed E-state index contributed by atoms with van der Waals surface area (Å²) in [6.07, 6.45) is 0. The van der Waals surface area contributed by atoms with Crippen molar-refractivity contribution in [1.29, 1.82) is 0 Å². The summed E-state index contributed by atoms with van der Waals surface area (Å²) in [7, 11) is -4.88. The van der Waals surface area contributed by atoms with E-state index in [2.05, 4.69) is 4.52 Å². The van der Waals surface area contributed by atoms with E-state index < -0.39 is 26.2 Å². The number of phosphoric ester groups is 1. The van der Waals surface area contributed by atoms with Gasteiger partial charge >= 0.3 is 13.8 Å². The van der Waals surface area contributed by atoms with E-state index in [9.17, 15) is 29.2 Å². The molecule has 1 heterocycles. The Morgan fingerprint density at radius 1 is 0.970 bits per heavy atom. The van der Waals surface area contributed by atoms with Crippen LogP contribution in [0, 0.1) is 0 Å². The Morgan fingerprint density at radius 3 is 2.39 bits per heavy atom. The summed E-state index contributed by atoms with van der Waals surface area (Å²) in [6, 6.07) is 12.0. The van der Waals surface area contributed by atoms with Crippen molar-refractivity contribution >= 4 is 30.5 Å². The molecule has 11 heteroatoms. The summed E-state index contributed by atoms with van der Waals surface area (Å²) in [5.41, 5.74) is 0.498. The molecule has 33 heavy (non-hydrogen) atoms. The van der Waals surface area contributed by atoms with Crippen LogP contribution >= 0.6 is 7.82 Å². The van der Waals surface area contributed by atoms with Crippen molar-refractivity contribution in [2.45, 2.75) is 0 Å². The second kappa shape index (κ2) is 8.27. The van der Waals surface area contributed by atoms with Gasteiger partial charge in [-0.15, -0.1) is 0 Å². The lowest BCUT2D eigenvalue weighted by atomic mass is 9.89. The van der Waals surface area contributed by atoms with Crippen molar-refractivity contribution in [2.75, 3.05) is 6.61 Å². The van der Waals surface area contributed by atoms with Gasteiger partial charge in [-0.1, -0.05) is 12.1 Å². The van der Waals surface area contributed by atoms with E-state index in [4.69, 9.17) is 14.2 Å². The molecule has 0 spiro atoms. The van der Waals surface area contributed by atoms with Gasteiger partial charge in [-0.25, -0.2) is 9.36 Å². The zero-order valence-corrected chi connectivity index (χ0v) is 17.5. The molecule has 4 rings (SSSR count). The molecule has 2 aliphatic rings. The van der Waals surface area contributed by atoms with Crippen LogP contribution in [0.2, 0.25) is 0 Å². The van der Waals surface area contributed by atoms with Crippen molar-refractivity contribution in [3.63, 3.8) is 0 Å². The highest BCUT2D eigenvalue weighted by molar-refractivity contribution is 7.46. The Hall–Kier alpha value is -3.82. The van der Waals surface area contributed by atoms with Crippen molar-refractivity contribution in [3.8, 4) is 28.2 Å². The number of hydrogen-bond acceptors (Lipinski definition) is 7. The normalized spacial score (nSPS) is 11.7. The maximum Gasteiger partial charge on any atom is 0.470 e. The van der Waals surface area contributed by atoms with E-state index in [0.29, 0.717) is 16.5 Å². The number of fused-ring (bicyclic) bond motifs is 2. The van der Waals surface area contributed by atoms with E-state index in [1.165, 1.54) is 48.5 Å². The Bertz CT molecular complexity index is 1500. The first-order valence-electron chi connectivity index (χ1n) is 9.34. The average molecular weight is 470 g/mol. The van der Waals surface area contributed by atoms with Gasteiger partial charge in [-0.3, -0.25) is 14.1 Å². The van der Waals surface area contributed by atoms with Gasteiger partial charge in [0, 0.05) is 34.2 Å². The standard InChI is InChI=1S/C22H15O10P/c23-12-2-5-15-19(8-12)32-20-9-13(24)3-6-16(20)21(15)14-4-1-11(7-17(14)22(26)27)18(25)10-31-33(28,29)30/h1-9,23H,10H2,(H,26,27)(H2,28,29,30). The van der Waals surface area contributed by atoms with Gasteiger partial charge in [0.05, 0.1) is 5.56 Å². The number of aromatic carboxylic acids is 1. The van der Waals surface area contributed by atoms with Gasteiger partial charge in [0.25, 0.3) is 0 Å². The van der Waals surface area contributed by atoms with Gasteiger partial charge in [-0.2, -0.15) is 0 Å². The zero-order chi connectivity index (χ0) is 23.9. The molecule has 4 N–H and O–H groups in total. The minimum absolute atomic E-state index is 0.0979. The number of carbonyl (C=O) groups excluding carboxylic acids is 1. The molecule has 2 aromatic rings. The molecule has 0 saturated carbocycles. The molecule has 0 fully saturated rings. The van der Waals surface area contributed by atoms with Crippen LogP contribution in [-0.2, 0) is 9.09 Å². The Labute approximate surface area is 184 Å². The van der Waals surface area contributed by atoms with Crippen LogP contribution in [0.3, 0.4) is 0 Å². The van der Waals surface area contributed by atoms with Crippen molar-refractivity contribution < 1.29 is 43.1 Å². The van der Waals surface area contributed by atoms with Crippen LogP contribution in [0.15, 0.2) is 63.8 Å². The number of hydrogen-bond donors (Lipinski definition) is 4. The summed E-state index contributed by atoms with van der Waals surface area (Å²) in [4.78, 5) is 53.8. The third-order valence-corrected chi connectivity index (χ3v) is 5.35. The predicted octanol–water partition coefficient (Wildman–Crippen LogP) is 3.26. The number of phenols is 1. The minimum Gasteiger partial charge on any atom is -0.508 e. The summed E-state index contributed by atoms with van der Waals surface area (Å²) in [5.74, 6) is -2.12. The number of rotatable bonds is 6. The van der Waals surface area contributed by atoms with Crippen LogP contribution in [0.4, 0.5) is 0 Å². The van der Waals surface area contributed by atoms with Crippen molar-refractivity contribution in [2.24, 2.45) is 0 Å². The van der Waals surface area contributed by atoms with Crippen LogP contribution in [0.1, 0.15) is 20.7 Å². The van der Waals surface area contributed by atoms with Crippen LogP contribution in [0.25, 0.3) is 33.4 Å². The van der Waals surface area contributed by atoms with Crippen LogP contribution in [-0.4, -0.2) is 38.4 Å². The van der Waals surface area contributed by atoms with Gasteiger partial charge < -0.3 is 24.4 Å². The lowest BCUT2D eigenvalue weighted by Crippen LogP contribution is -2.10. The van der Waals surface area contributed by atoms with E-state index in [1.807, 2.05) is 0 Å². The van der Waals surface area contributed by atoms with E-state index in [1.54, 1.807) is 0 Å². The molecule has 2 aromatic carbocycles. The molecule has 1 aliphatic carbocycles. The quantitative estimate of drug-likeness (QED) is 0.186. The largest absolute Gasteiger partial charge is 0.508 e. The fraction of sp³-hybridized carbons (Fsp3) is 0.0455. The molecule has 10 nitrogen and oxygen atoms in total. The average Bonchev–Trinajstić information content (AvgIpc) is 2.74. The third kappa shape index (κ3) is 4.55. The lowest BCUT2D eigenvalue weighted by molar-refractivity contribution is 0.0697. The first kappa shape index (κ1) is 22.4. The molecule has 1 aliphatic heterocycles. The van der Waals surface area contributed by atoms with Crippen LogP contribution in [0.5, 0.6) is 5.75 Å². The highest BCUT2D eigenvalue weighted by Gasteiger charge is 2.24. The molecular weight excluding hydrogens is 455 g/mol. The maximum absolute atomic E-state index is 12.3. The van der Waals surface area contributed by atoms with E-state index >= 15 is 0 Å². The summed E-state index contributed by atoms with van der Waals surface area (Å²) in [6.45, 7) is -0.940. The van der Waals surface area contributed by atoms with Crippen molar-refractivity contribution in [1.82, 2.24) is 0 Å². The number of phosphoric acid groups is 1. The molecule has 0 bridgehead atoms. The highest BCUT2D eigenvalue weighted by Crippen LogP contribution is 2.42. The molecule has 0 saturated heterocycles. The molecule has 0 radical (unpaired) electrons. The van der Waals surface area contributed by atoms with Gasteiger partial charge in [-0.05, 0) is 35.9 Å². The topological polar surface area (TPSA) is 172 Å². The number of ketones is 1. The molecule has 0 amide bonds. The molecule has 0 unspecified atom stereocenters. The number of aromatic hydroxyl groups is 1. The number of benzene rings is 3. The lowest BCUT2D eigenvalue weighted by Gasteiger charge is -2.17. The molecule has 0 atom stereocenters. The fourth-order valence-electron chi connectivity index (χ4n) is 3.49. The Balaban J connectivity index is 1.95. The monoisotopic (exact) mass is 470 g/mol. The number of carboxylic acid groups (broad SMARTS) is 1. The van der Waals surface area contributed by atoms with Gasteiger partial charge in [0.15, 0.2) is 11.2 Å². The number of phenolic OH excluding ortho intramolecular Hbond substituents is 1. The van der Waals surface area contributed by atoms with Crippen molar-refractivity contribution in [3.05, 3.63) is 75.9 Å². The third-order valence-electron chi connectivity index (χ3n) is 4.88. The fourth-order valence-corrected chi connectivity index (χ4v) is 3.77. The second-order valence-corrected chi connectivity index (χ2v) is 8.31. The highest BCUT2D eigenvalue weighted by atomic mass is 31.2. The minimum atomic E-state index is -4.88. The van der Waals surface area contributed by atoms with E-state index in [0.717, 1.165) is 6.07 Å². The summed E-state index contributed by atoms with van der Waals surface area (Å²) >= 11 is 0. The van der Waals surface area contributed by atoms with Gasteiger partial charge in [0.1, 0.15) is 23.7 Å². The first-order valence-corrected chi connectivity index (χ1v) is 10.9. The number of carbonyl (C=O) groups is 2. The van der Waals surface area contributed by atoms with Gasteiger partial charge in [0.2, 0.25) is 0 Å². The maximum atomic E-state index is 12.3. The molecular formula is C22H15O10P. The smallest absolute Gasteiger partial charge is 0.470 e. The predicted molar refractivity (Wildman–Crippen MR) is 115 cm³/mol. The number of Topliss-reactive ketones (excluding diaryl/α,β-unsaturated/α-hetero) is 1. The molecule has 0 aromatic heterocycles. The SMILES string of the molecule is O=C(COP(=O)(O)O)c1ccc(-c2c3ccc(=O)cc-3oc3cc(O)ccc23)c(C(=O)O)c1. The second-order valence-electron chi connectivity index (χ2n) is 7.07. The van der Waals surface area contributed by atoms with E-state index in [-0.39, 0.29) is 39.2 Å². The Morgan fingerprint density at radius 2 is 1.70 bits per heavy atom. The summed E-state index contributed by atoms with van der Waals surface area (Å²) in [5, 5.41) is 20.1. The Kier molecular flexibility index (Phi) is 5.61. The molecule has 168 valence electrons. The first-order chi connectivity index (χ1) is 15.5. The zero-order valence-electron chi connectivity index (χ0n) is 16.6. The van der Waals surface area contributed by atoms with Crippen LogP contribution < -0.4 is 5.43 Å².